The van der Waals surface area contributed by atoms with E-state index in [-0.39, 0.29) is 28.9 Å². The van der Waals surface area contributed by atoms with Crippen molar-refractivity contribution in [2.24, 2.45) is 0 Å². The molecule has 1 aliphatic rings. The molecular weight excluding hydrogens is 386 g/mol. The molecule has 0 saturated carbocycles. The van der Waals surface area contributed by atoms with Crippen molar-refractivity contribution in [3.8, 4) is 0 Å². The van der Waals surface area contributed by atoms with Gasteiger partial charge in [-0.25, -0.2) is 13.6 Å². The minimum Gasteiger partial charge on any atom is -0.452 e. The van der Waals surface area contributed by atoms with Gasteiger partial charge in [-0.2, -0.15) is 0 Å². The zero-order valence-electron chi connectivity index (χ0n) is 14.9. The minimum absolute atomic E-state index is 0.00565. The van der Waals surface area contributed by atoms with Crippen molar-refractivity contribution in [3.63, 3.8) is 0 Å². The molecule has 0 aromatic heterocycles. The second-order valence-corrected chi connectivity index (χ2v) is 6.02. The summed E-state index contributed by atoms with van der Waals surface area (Å²) in [5.41, 5.74) is 0.182. The van der Waals surface area contributed by atoms with Crippen molar-refractivity contribution in [2.45, 2.75) is 0 Å². The Balaban J connectivity index is 1.64. The summed E-state index contributed by atoms with van der Waals surface area (Å²) in [4.78, 5) is 49.4. The first kappa shape index (κ1) is 19.9. The van der Waals surface area contributed by atoms with Crippen LogP contribution in [-0.4, -0.2) is 41.7 Å². The second kappa shape index (κ2) is 8.01. The van der Waals surface area contributed by atoms with Crippen LogP contribution in [0.15, 0.2) is 49.1 Å². The topological polar surface area (TPSA) is 92.8 Å². The molecule has 7 nitrogen and oxygen atoms in total. The summed E-state index contributed by atoms with van der Waals surface area (Å²) < 4.78 is 30.9. The number of nitrogens with zero attached hydrogens (tertiary/aromatic N) is 1. The van der Waals surface area contributed by atoms with Crippen molar-refractivity contribution in [3.05, 3.63) is 77.4 Å². The van der Waals surface area contributed by atoms with Crippen LogP contribution in [0.5, 0.6) is 0 Å². The highest BCUT2D eigenvalue weighted by Gasteiger charge is 2.35. The Bertz CT molecular complexity index is 1050. The SMILES string of the molecule is C=CCN1C(=O)c2ccc(C(=O)OCC(=O)Nc3ccc(F)c(F)c3)cc2C1=O. The number of fused-ring (bicyclic) bond motifs is 1. The highest BCUT2D eigenvalue weighted by atomic mass is 19.2. The van der Waals surface area contributed by atoms with Gasteiger partial charge in [0.25, 0.3) is 17.7 Å². The Morgan fingerprint density at radius 2 is 1.76 bits per heavy atom. The molecule has 3 rings (SSSR count). The standard InChI is InChI=1S/C20H14F2N2O5/c1-2-7-24-18(26)13-5-3-11(8-14(13)19(24)27)20(28)29-10-17(25)23-12-4-6-15(21)16(22)9-12/h2-6,8-9H,1,7,10H2,(H,23,25). The summed E-state index contributed by atoms with van der Waals surface area (Å²) in [6, 6.07) is 6.63. The lowest BCUT2D eigenvalue weighted by Crippen LogP contribution is -2.29. The molecule has 0 radical (unpaired) electrons. The van der Waals surface area contributed by atoms with E-state index in [0.717, 1.165) is 23.1 Å². The van der Waals surface area contributed by atoms with E-state index in [1.54, 1.807) is 0 Å². The van der Waals surface area contributed by atoms with Crippen molar-refractivity contribution >= 4 is 29.4 Å². The predicted octanol–water partition coefficient (Wildman–Crippen LogP) is 2.54. The fraction of sp³-hybridized carbons (Fsp3) is 0.100. The average molecular weight is 400 g/mol. The Morgan fingerprint density at radius 1 is 1.03 bits per heavy atom. The molecule has 0 atom stereocenters. The van der Waals surface area contributed by atoms with E-state index in [1.807, 2.05) is 0 Å². The van der Waals surface area contributed by atoms with Crippen LogP contribution in [0.3, 0.4) is 0 Å². The van der Waals surface area contributed by atoms with Crippen LogP contribution in [0, 0.1) is 11.6 Å². The van der Waals surface area contributed by atoms with E-state index in [0.29, 0.717) is 0 Å². The number of carbonyl (C=O) groups excluding carboxylic acids is 4. The molecule has 3 amide bonds. The summed E-state index contributed by atoms with van der Waals surface area (Å²) in [7, 11) is 0. The molecule has 0 bridgehead atoms. The summed E-state index contributed by atoms with van der Waals surface area (Å²) in [6.07, 6.45) is 1.41. The number of hydrogen-bond donors (Lipinski definition) is 1. The second-order valence-electron chi connectivity index (χ2n) is 6.02. The van der Waals surface area contributed by atoms with Gasteiger partial charge in [0.05, 0.1) is 16.7 Å². The zero-order chi connectivity index (χ0) is 21.1. The molecule has 1 heterocycles. The quantitative estimate of drug-likeness (QED) is 0.457. The molecule has 148 valence electrons. The molecule has 9 heteroatoms. The Labute approximate surface area is 163 Å². The normalized spacial score (nSPS) is 12.6. The lowest BCUT2D eigenvalue weighted by molar-refractivity contribution is -0.119. The number of halogens is 2. The van der Waals surface area contributed by atoms with E-state index < -0.39 is 41.9 Å². The number of anilines is 1. The third-order valence-electron chi connectivity index (χ3n) is 4.06. The van der Waals surface area contributed by atoms with Crippen LogP contribution in [0.25, 0.3) is 0 Å². The van der Waals surface area contributed by atoms with Crippen LogP contribution >= 0.6 is 0 Å². The molecule has 2 aromatic carbocycles. The number of amides is 3. The maximum absolute atomic E-state index is 13.1. The van der Waals surface area contributed by atoms with E-state index in [2.05, 4.69) is 11.9 Å². The number of carbonyl (C=O) groups is 4. The fourth-order valence-corrected chi connectivity index (χ4v) is 2.70. The van der Waals surface area contributed by atoms with Crippen LogP contribution in [0.4, 0.5) is 14.5 Å². The number of nitrogens with one attached hydrogen (secondary N) is 1. The lowest BCUT2D eigenvalue weighted by Gasteiger charge is -2.09. The third-order valence-corrected chi connectivity index (χ3v) is 4.06. The molecule has 0 spiro atoms. The number of benzene rings is 2. The summed E-state index contributed by atoms with van der Waals surface area (Å²) >= 11 is 0. The molecule has 2 aromatic rings. The predicted molar refractivity (Wildman–Crippen MR) is 97.3 cm³/mol. The first-order chi connectivity index (χ1) is 13.8. The number of hydrogen-bond acceptors (Lipinski definition) is 5. The van der Waals surface area contributed by atoms with Crippen molar-refractivity contribution < 1.29 is 32.7 Å². The van der Waals surface area contributed by atoms with Crippen molar-refractivity contribution in [2.75, 3.05) is 18.5 Å². The monoisotopic (exact) mass is 400 g/mol. The lowest BCUT2D eigenvalue weighted by atomic mass is 10.1. The molecule has 0 unspecified atom stereocenters. The van der Waals surface area contributed by atoms with Crippen LogP contribution in [-0.2, 0) is 9.53 Å². The molecule has 0 saturated heterocycles. The van der Waals surface area contributed by atoms with Gasteiger partial charge in [0.1, 0.15) is 0 Å². The van der Waals surface area contributed by atoms with Crippen molar-refractivity contribution in [1.29, 1.82) is 0 Å². The summed E-state index contributed by atoms with van der Waals surface area (Å²) in [5, 5.41) is 2.25. The molecular formula is C20H14F2N2O5. The zero-order valence-corrected chi connectivity index (χ0v) is 14.9. The van der Waals surface area contributed by atoms with Crippen LogP contribution < -0.4 is 5.32 Å². The van der Waals surface area contributed by atoms with E-state index in [4.69, 9.17) is 4.74 Å². The van der Waals surface area contributed by atoms with Gasteiger partial charge < -0.3 is 10.1 Å². The number of ether oxygens (including phenoxy) is 1. The Kier molecular flexibility index (Phi) is 5.49. The van der Waals surface area contributed by atoms with Crippen LogP contribution in [0.2, 0.25) is 0 Å². The molecule has 1 aliphatic heterocycles. The van der Waals surface area contributed by atoms with Gasteiger partial charge in [-0.3, -0.25) is 19.3 Å². The summed E-state index contributed by atoms with van der Waals surface area (Å²) in [6.45, 7) is 2.83. The fourth-order valence-electron chi connectivity index (χ4n) is 2.70. The minimum atomic E-state index is -1.14. The van der Waals surface area contributed by atoms with Crippen molar-refractivity contribution in [1.82, 2.24) is 4.90 Å². The third kappa shape index (κ3) is 4.03. The summed E-state index contributed by atoms with van der Waals surface area (Å²) in [5.74, 6) is -4.91. The number of esters is 1. The van der Waals surface area contributed by atoms with Crippen LogP contribution in [0.1, 0.15) is 31.1 Å². The number of rotatable bonds is 6. The first-order valence-electron chi connectivity index (χ1n) is 8.35. The van der Waals surface area contributed by atoms with Gasteiger partial charge in [0, 0.05) is 18.3 Å². The molecule has 29 heavy (non-hydrogen) atoms. The van der Waals surface area contributed by atoms with Gasteiger partial charge in [0.15, 0.2) is 18.2 Å². The van der Waals surface area contributed by atoms with Gasteiger partial charge in [-0.1, -0.05) is 6.08 Å². The molecule has 0 fully saturated rings. The highest BCUT2D eigenvalue weighted by Crippen LogP contribution is 2.24. The van der Waals surface area contributed by atoms with Gasteiger partial charge in [0.2, 0.25) is 0 Å². The largest absolute Gasteiger partial charge is 0.452 e. The number of imide groups is 1. The molecule has 0 aliphatic carbocycles. The van der Waals surface area contributed by atoms with E-state index in [9.17, 15) is 28.0 Å². The van der Waals surface area contributed by atoms with Gasteiger partial charge in [-0.15, -0.1) is 6.58 Å². The average Bonchev–Trinajstić information content (AvgIpc) is 2.93. The van der Waals surface area contributed by atoms with E-state index in [1.165, 1.54) is 24.3 Å². The van der Waals surface area contributed by atoms with Gasteiger partial charge in [-0.05, 0) is 30.3 Å². The maximum atomic E-state index is 13.1. The Morgan fingerprint density at radius 3 is 2.45 bits per heavy atom. The highest BCUT2D eigenvalue weighted by molar-refractivity contribution is 6.22. The first-order valence-corrected chi connectivity index (χ1v) is 8.35. The van der Waals surface area contributed by atoms with E-state index >= 15 is 0 Å². The molecule has 1 N–H and O–H groups in total. The Hall–Kier alpha value is -3.88. The smallest absolute Gasteiger partial charge is 0.338 e. The maximum Gasteiger partial charge on any atom is 0.338 e. The van der Waals surface area contributed by atoms with Gasteiger partial charge >= 0.3 is 5.97 Å².